The predicted molar refractivity (Wildman–Crippen MR) is 41.2 cm³/mol. The molecule has 0 aliphatic rings. The third kappa shape index (κ3) is 2.32. The van der Waals surface area contributed by atoms with Gasteiger partial charge in [-0.3, -0.25) is 0 Å². The first-order chi connectivity index (χ1) is 4.72. The van der Waals surface area contributed by atoms with Gasteiger partial charge in [0.25, 0.3) is 0 Å². The topological polar surface area (TPSA) is 63.1 Å². The zero-order valence-corrected chi connectivity index (χ0v) is 6.76. The monoisotopic (exact) mass is 194 g/mol. The van der Waals surface area contributed by atoms with Crippen LogP contribution in [-0.2, 0) is 0 Å². The number of halogens is 2. The van der Waals surface area contributed by atoms with E-state index in [4.69, 9.17) is 16.7 Å². The average molecular weight is 195 g/mol. The quantitative estimate of drug-likeness (QED) is 0.684. The maximum absolute atomic E-state index is 10.3. The minimum Gasteiger partial charge on any atom is -0.478 e. The van der Waals surface area contributed by atoms with E-state index >= 15 is 0 Å². The number of hydrogen-bond donors (Lipinski definition) is 1. The number of hydrogen-bond acceptors (Lipinski definition) is 3. The minimum absolute atomic E-state index is 0. The predicted octanol–water partition coefficient (Wildman–Crippen LogP) is 1.25. The number of carboxylic acids is 1. The number of carboxylic acid groups (broad SMARTS) is 1. The Kier molecular flexibility index (Phi) is 3.78. The van der Waals surface area contributed by atoms with E-state index in [0.717, 1.165) is 6.20 Å². The number of rotatable bonds is 1. The molecule has 1 rings (SSSR count). The van der Waals surface area contributed by atoms with Crippen LogP contribution in [0, 0.1) is 0 Å². The van der Waals surface area contributed by atoms with Gasteiger partial charge in [0.05, 0.1) is 0 Å². The molecular weight excluding hydrogens is 191 g/mol. The Labute approximate surface area is 73.6 Å². The highest BCUT2D eigenvalue weighted by Gasteiger charge is 2.07. The summed E-state index contributed by atoms with van der Waals surface area (Å²) in [7, 11) is 0. The molecule has 0 radical (unpaired) electrons. The number of aromatic carboxylic acids is 1. The smallest absolute Gasteiger partial charge is 0.340 e. The van der Waals surface area contributed by atoms with Crippen LogP contribution in [0.25, 0.3) is 0 Å². The normalized spacial score (nSPS) is 8.45. The van der Waals surface area contributed by atoms with Crippen molar-refractivity contribution in [1.29, 1.82) is 0 Å². The molecule has 0 bridgehead atoms. The van der Waals surface area contributed by atoms with Crippen molar-refractivity contribution in [3.05, 3.63) is 23.2 Å². The molecule has 4 nitrogen and oxygen atoms in total. The van der Waals surface area contributed by atoms with Gasteiger partial charge in [-0.2, -0.15) is 0 Å². The molecule has 0 spiro atoms. The van der Waals surface area contributed by atoms with E-state index in [1.54, 1.807) is 0 Å². The third-order valence-electron chi connectivity index (χ3n) is 0.894. The summed E-state index contributed by atoms with van der Waals surface area (Å²) in [6, 6.07) is 0. The van der Waals surface area contributed by atoms with E-state index in [2.05, 4.69) is 9.97 Å². The van der Waals surface area contributed by atoms with Crippen molar-refractivity contribution in [3.8, 4) is 0 Å². The van der Waals surface area contributed by atoms with Gasteiger partial charge >= 0.3 is 5.97 Å². The van der Waals surface area contributed by atoms with E-state index in [-0.39, 0.29) is 23.1 Å². The Balaban J connectivity index is 0.000001000. The Bertz CT molecular complexity index is 266. The van der Waals surface area contributed by atoms with Gasteiger partial charge in [0.1, 0.15) is 17.0 Å². The summed E-state index contributed by atoms with van der Waals surface area (Å²) in [5.74, 6) is -1.12. The molecule has 0 aromatic carbocycles. The van der Waals surface area contributed by atoms with Crippen LogP contribution < -0.4 is 0 Å². The first kappa shape index (κ1) is 10.1. The highest BCUT2D eigenvalue weighted by Crippen LogP contribution is 2.08. The summed E-state index contributed by atoms with van der Waals surface area (Å²) in [5.41, 5.74) is -0.0795. The van der Waals surface area contributed by atoms with E-state index < -0.39 is 5.97 Å². The average Bonchev–Trinajstić information content (AvgIpc) is 1.88. The molecule has 1 heterocycles. The van der Waals surface area contributed by atoms with Crippen molar-refractivity contribution < 1.29 is 9.90 Å². The highest BCUT2D eigenvalue weighted by molar-refractivity contribution is 6.32. The fourth-order valence-electron chi connectivity index (χ4n) is 0.458. The molecule has 0 amide bonds. The summed E-state index contributed by atoms with van der Waals surface area (Å²) < 4.78 is 0. The molecule has 1 N–H and O–H groups in total. The lowest BCUT2D eigenvalue weighted by atomic mass is 10.3. The van der Waals surface area contributed by atoms with Crippen molar-refractivity contribution in [2.75, 3.05) is 0 Å². The summed E-state index contributed by atoms with van der Waals surface area (Å²) >= 11 is 5.39. The van der Waals surface area contributed by atoms with Crippen LogP contribution >= 0.6 is 24.0 Å². The van der Waals surface area contributed by atoms with Crippen LogP contribution in [0.3, 0.4) is 0 Å². The standard InChI is InChI=1S/C5H3ClN2O2.ClH/c6-4-3(5(9)10)1-7-2-8-4;/h1-2H,(H,9,10);1H. The van der Waals surface area contributed by atoms with Gasteiger partial charge in [-0.05, 0) is 0 Å². The van der Waals surface area contributed by atoms with Crippen molar-refractivity contribution >= 4 is 30.0 Å². The fourth-order valence-corrected chi connectivity index (χ4v) is 0.631. The first-order valence-electron chi connectivity index (χ1n) is 2.40. The molecule has 0 unspecified atom stereocenters. The molecule has 0 aliphatic heterocycles. The van der Waals surface area contributed by atoms with Crippen molar-refractivity contribution in [2.24, 2.45) is 0 Å². The maximum atomic E-state index is 10.3. The van der Waals surface area contributed by atoms with Gasteiger partial charge in [0.2, 0.25) is 0 Å². The van der Waals surface area contributed by atoms with Crippen LogP contribution in [0.2, 0.25) is 5.15 Å². The first-order valence-corrected chi connectivity index (χ1v) is 2.78. The Morgan fingerprint density at radius 3 is 2.64 bits per heavy atom. The van der Waals surface area contributed by atoms with Crippen molar-refractivity contribution in [1.82, 2.24) is 9.97 Å². The van der Waals surface area contributed by atoms with Crippen LogP contribution in [-0.4, -0.2) is 21.0 Å². The molecule has 60 valence electrons. The molecule has 0 saturated carbocycles. The second-order valence-electron chi connectivity index (χ2n) is 1.53. The molecule has 11 heavy (non-hydrogen) atoms. The minimum atomic E-state index is -1.12. The Morgan fingerprint density at radius 1 is 1.64 bits per heavy atom. The molecule has 1 aromatic rings. The fraction of sp³-hybridized carbons (Fsp3) is 0. The van der Waals surface area contributed by atoms with Gasteiger partial charge in [0, 0.05) is 6.20 Å². The van der Waals surface area contributed by atoms with Crippen LogP contribution in [0.5, 0.6) is 0 Å². The van der Waals surface area contributed by atoms with Gasteiger partial charge in [-0.15, -0.1) is 12.4 Å². The molecule has 1 aromatic heterocycles. The number of nitrogens with zero attached hydrogens (tertiary/aromatic N) is 2. The largest absolute Gasteiger partial charge is 0.478 e. The lowest BCUT2D eigenvalue weighted by molar-refractivity contribution is 0.0696. The van der Waals surface area contributed by atoms with E-state index in [1.807, 2.05) is 0 Å². The number of aromatic nitrogens is 2. The highest BCUT2D eigenvalue weighted by atomic mass is 35.5. The molecule has 6 heteroatoms. The van der Waals surface area contributed by atoms with Crippen LogP contribution in [0.15, 0.2) is 12.5 Å². The van der Waals surface area contributed by atoms with Crippen molar-refractivity contribution in [2.45, 2.75) is 0 Å². The summed E-state index contributed by atoms with van der Waals surface area (Å²) in [4.78, 5) is 17.2. The van der Waals surface area contributed by atoms with Gasteiger partial charge in [0.15, 0.2) is 0 Å². The van der Waals surface area contributed by atoms with Crippen LogP contribution in [0.1, 0.15) is 10.4 Å². The SMILES string of the molecule is Cl.O=C(O)c1cncnc1Cl. The molecule has 0 fully saturated rings. The van der Waals surface area contributed by atoms with Gasteiger partial charge < -0.3 is 5.11 Å². The van der Waals surface area contributed by atoms with E-state index in [1.165, 1.54) is 6.33 Å². The van der Waals surface area contributed by atoms with Crippen LogP contribution in [0.4, 0.5) is 0 Å². The summed E-state index contributed by atoms with van der Waals surface area (Å²) in [6.07, 6.45) is 2.34. The van der Waals surface area contributed by atoms with Crippen molar-refractivity contribution in [3.63, 3.8) is 0 Å². The zero-order valence-electron chi connectivity index (χ0n) is 5.19. The van der Waals surface area contributed by atoms with Gasteiger partial charge in [-0.1, -0.05) is 11.6 Å². The summed E-state index contributed by atoms with van der Waals surface area (Å²) in [6.45, 7) is 0. The van der Waals surface area contributed by atoms with E-state index in [0.29, 0.717) is 0 Å². The lowest BCUT2D eigenvalue weighted by Gasteiger charge is -1.92. The van der Waals surface area contributed by atoms with E-state index in [9.17, 15) is 4.79 Å². The molecule has 0 aliphatic carbocycles. The third-order valence-corrected chi connectivity index (χ3v) is 1.20. The molecular formula is C5H4Cl2N2O2. The second kappa shape index (κ2) is 4.10. The summed E-state index contributed by atoms with van der Waals surface area (Å²) in [5, 5.41) is 8.36. The van der Waals surface area contributed by atoms with Gasteiger partial charge in [-0.25, -0.2) is 14.8 Å². The second-order valence-corrected chi connectivity index (χ2v) is 1.89. The maximum Gasteiger partial charge on any atom is 0.340 e. The molecule has 0 atom stereocenters. The Hall–Kier alpha value is -0.870. The number of carbonyl (C=O) groups is 1. The zero-order chi connectivity index (χ0) is 7.56. The lowest BCUT2D eigenvalue weighted by Crippen LogP contribution is -1.99. The Morgan fingerprint density at radius 2 is 2.27 bits per heavy atom. The molecule has 0 saturated heterocycles.